The van der Waals surface area contributed by atoms with Crippen molar-refractivity contribution in [1.82, 2.24) is 19.3 Å². The van der Waals surface area contributed by atoms with E-state index in [9.17, 15) is 12.8 Å². The first-order valence-corrected chi connectivity index (χ1v) is 13.0. The van der Waals surface area contributed by atoms with Crippen molar-refractivity contribution in [1.29, 1.82) is 0 Å². The van der Waals surface area contributed by atoms with Crippen LogP contribution in [0.3, 0.4) is 0 Å². The molecule has 0 radical (unpaired) electrons. The number of benzene rings is 3. The molecule has 3 aromatic carbocycles. The molecule has 0 saturated heterocycles. The Morgan fingerprint density at radius 3 is 2.60 bits per heavy atom. The number of fused-ring (bicyclic) bond motifs is 1. The molecular formula is C24H16ClFN4O3S2. The minimum atomic E-state index is -3.64. The second-order valence-corrected chi connectivity index (χ2v) is 10.8. The van der Waals surface area contributed by atoms with E-state index < -0.39 is 9.84 Å². The molecule has 2 aromatic heterocycles. The van der Waals surface area contributed by atoms with E-state index in [2.05, 4.69) is 19.3 Å². The summed E-state index contributed by atoms with van der Waals surface area (Å²) in [6.45, 7) is 0. The third-order valence-electron chi connectivity index (χ3n) is 5.37. The molecule has 0 aliphatic heterocycles. The largest absolute Gasteiger partial charge is 0.496 e. The van der Waals surface area contributed by atoms with Gasteiger partial charge in [-0.05, 0) is 59.6 Å². The third kappa shape index (κ3) is 4.60. The van der Waals surface area contributed by atoms with Crippen molar-refractivity contribution in [3.63, 3.8) is 0 Å². The van der Waals surface area contributed by atoms with E-state index in [-0.39, 0.29) is 16.5 Å². The molecule has 0 unspecified atom stereocenters. The van der Waals surface area contributed by atoms with E-state index in [1.54, 1.807) is 30.3 Å². The van der Waals surface area contributed by atoms with Gasteiger partial charge in [0, 0.05) is 21.5 Å². The number of methoxy groups -OCH3 is 1. The van der Waals surface area contributed by atoms with Crippen molar-refractivity contribution in [3.05, 3.63) is 83.1 Å². The molecule has 0 fully saturated rings. The summed E-state index contributed by atoms with van der Waals surface area (Å²) in [6, 6.07) is 14.2. The highest BCUT2D eigenvalue weighted by Gasteiger charge is 2.20. The third-order valence-corrected chi connectivity index (χ3v) is 8.15. The summed E-state index contributed by atoms with van der Waals surface area (Å²) in [7, 11) is -2.12. The van der Waals surface area contributed by atoms with Crippen LogP contribution in [0.5, 0.6) is 5.75 Å². The molecule has 0 saturated carbocycles. The normalized spacial score (nSPS) is 11.6. The van der Waals surface area contributed by atoms with E-state index in [1.807, 2.05) is 0 Å². The van der Waals surface area contributed by atoms with Crippen LogP contribution in [-0.4, -0.2) is 34.9 Å². The van der Waals surface area contributed by atoms with Crippen molar-refractivity contribution < 1.29 is 17.5 Å². The molecule has 7 nitrogen and oxygen atoms in total. The Balaban J connectivity index is 1.60. The van der Waals surface area contributed by atoms with Crippen LogP contribution in [0.1, 0.15) is 5.01 Å². The number of rotatable bonds is 6. The minimum Gasteiger partial charge on any atom is -0.496 e. The SMILES string of the molecule is COc1cc(-c2cccc(F)c2)c(Cl)cc1-c1ncnc2cc(S(=O)(=O)Cc3ncns3)ccc12. The van der Waals surface area contributed by atoms with Crippen LogP contribution in [0.15, 0.2) is 72.1 Å². The van der Waals surface area contributed by atoms with E-state index in [1.165, 1.54) is 44.0 Å². The van der Waals surface area contributed by atoms with Crippen LogP contribution in [0, 0.1) is 5.82 Å². The van der Waals surface area contributed by atoms with Crippen molar-refractivity contribution >= 4 is 43.9 Å². The van der Waals surface area contributed by atoms with E-state index >= 15 is 0 Å². The Bertz CT molecular complexity index is 1660. The van der Waals surface area contributed by atoms with Crippen LogP contribution in [-0.2, 0) is 15.6 Å². The van der Waals surface area contributed by atoms with Gasteiger partial charge in [0.2, 0.25) is 0 Å². The summed E-state index contributed by atoms with van der Waals surface area (Å²) in [5.74, 6) is -0.145. The molecule has 176 valence electrons. The molecule has 0 spiro atoms. The van der Waals surface area contributed by atoms with Gasteiger partial charge in [0.15, 0.2) is 9.84 Å². The summed E-state index contributed by atoms with van der Waals surface area (Å²) in [5.41, 5.74) is 2.77. The average molecular weight is 527 g/mol. The minimum absolute atomic E-state index is 0.122. The Kier molecular flexibility index (Phi) is 6.18. The lowest BCUT2D eigenvalue weighted by molar-refractivity contribution is 0.416. The quantitative estimate of drug-likeness (QED) is 0.284. The molecule has 5 rings (SSSR count). The molecule has 2 heterocycles. The zero-order valence-corrected chi connectivity index (χ0v) is 20.5. The van der Waals surface area contributed by atoms with Crippen LogP contribution < -0.4 is 4.74 Å². The molecule has 0 bridgehead atoms. The van der Waals surface area contributed by atoms with Crippen molar-refractivity contribution in [2.24, 2.45) is 0 Å². The number of sulfone groups is 1. The molecule has 0 amide bonds. The number of hydrogen-bond acceptors (Lipinski definition) is 8. The molecular weight excluding hydrogens is 511 g/mol. The maximum Gasteiger partial charge on any atom is 0.185 e. The van der Waals surface area contributed by atoms with Crippen LogP contribution in [0.4, 0.5) is 4.39 Å². The van der Waals surface area contributed by atoms with Gasteiger partial charge < -0.3 is 4.74 Å². The lowest BCUT2D eigenvalue weighted by Gasteiger charge is -2.14. The summed E-state index contributed by atoms with van der Waals surface area (Å²) in [6.07, 6.45) is 2.68. The smallest absolute Gasteiger partial charge is 0.185 e. The van der Waals surface area contributed by atoms with Crippen LogP contribution in [0.2, 0.25) is 5.02 Å². The summed E-state index contributed by atoms with van der Waals surface area (Å²) in [5, 5.41) is 1.41. The zero-order valence-electron chi connectivity index (χ0n) is 18.1. The van der Waals surface area contributed by atoms with Gasteiger partial charge in [0.25, 0.3) is 0 Å². The standard InChI is InChI=1S/C24H16ClFN4O3S2/c1-33-22-10-18(14-3-2-4-15(26)7-14)20(25)9-19(22)24-17-6-5-16(8-21(17)27-12-29-24)35(31,32)11-23-28-13-30-34-23/h2-10,12-13H,11H2,1H3. The molecule has 0 atom stereocenters. The fraction of sp³-hybridized carbons (Fsp3) is 0.0833. The maximum absolute atomic E-state index is 13.8. The number of ether oxygens (including phenoxy) is 1. The first-order chi connectivity index (χ1) is 16.9. The summed E-state index contributed by atoms with van der Waals surface area (Å²) in [4.78, 5) is 12.8. The van der Waals surface area contributed by atoms with Gasteiger partial charge in [-0.2, -0.15) is 4.37 Å². The van der Waals surface area contributed by atoms with Gasteiger partial charge in [-0.15, -0.1) is 0 Å². The van der Waals surface area contributed by atoms with Crippen molar-refractivity contribution in [2.75, 3.05) is 7.11 Å². The fourth-order valence-corrected chi connectivity index (χ4v) is 6.13. The Morgan fingerprint density at radius 2 is 1.86 bits per heavy atom. The molecule has 5 aromatic rings. The Hall–Kier alpha value is -3.47. The molecule has 0 N–H and O–H groups in total. The van der Waals surface area contributed by atoms with Gasteiger partial charge in [0.1, 0.15) is 35.0 Å². The topological polar surface area (TPSA) is 94.9 Å². The van der Waals surface area contributed by atoms with Gasteiger partial charge in [-0.3, -0.25) is 0 Å². The molecule has 0 aliphatic carbocycles. The van der Waals surface area contributed by atoms with E-state index in [0.717, 1.165) is 11.5 Å². The molecule has 35 heavy (non-hydrogen) atoms. The highest BCUT2D eigenvalue weighted by molar-refractivity contribution is 7.90. The predicted octanol–water partition coefficient (Wildman–Crippen LogP) is 5.59. The number of aromatic nitrogens is 4. The van der Waals surface area contributed by atoms with Gasteiger partial charge in [0.05, 0.1) is 23.2 Å². The Labute approximate surface area is 209 Å². The maximum atomic E-state index is 13.8. The van der Waals surface area contributed by atoms with Gasteiger partial charge >= 0.3 is 0 Å². The zero-order chi connectivity index (χ0) is 24.6. The number of halogens is 2. The number of hydrogen-bond donors (Lipinski definition) is 0. The second kappa shape index (κ2) is 9.29. The van der Waals surface area contributed by atoms with Gasteiger partial charge in [-0.25, -0.2) is 27.8 Å². The monoisotopic (exact) mass is 526 g/mol. The lowest BCUT2D eigenvalue weighted by Crippen LogP contribution is -2.05. The summed E-state index contributed by atoms with van der Waals surface area (Å²) >= 11 is 7.63. The number of nitrogens with zero attached hydrogens (tertiary/aromatic N) is 4. The summed E-state index contributed by atoms with van der Waals surface area (Å²) < 4.78 is 49.0. The van der Waals surface area contributed by atoms with Crippen LogP contribution in [0.25, 0.3) is 33.3 Å². The first kappa shape index (κ1) is 23.3. The van der Waals surface area contributed by atoms with Gasteiger partial charge in [-0.1, -0.05) is 23.7 Å². The first-order valence-electron chi connectivity index (χ1n) is 10.2. The highest BCUT2D eigenvalue weighted by atomic mass is 35.5. The second-order valence-electron chi connectivity index (χ2n) is 7.54. The van der Waals surface area contributed by atoms with E-state index in [4.69, 9.17) is 16.3 Å². The lowest BCUT2D eigenvalue weighted by atomic mass is 9.99. The van der Waals surface area contributed by atoms with Crippen molar-refractivity contribution in [2.45, 2.75) is 10.6 Å². The highest BCUT2D eigenvalue weighted by Crippen LogP contribution is 2.40. The Morgan fingerprint density at radius 1 is 1.00 bits per heavy atom. The molecule has 0 aliphatic rings. The van der Waals surface area contributed by atoms with Crippen molar-refractivity contribution in [3.8, 4) is 28.1 Å². The molecule has 11 heteroatoms. The van der Waals surface area contributed by atoms with E-state index in [0.29, 0.717) is 49.1 Å². The van der Waals surface area contributed by atoms with Crippen LogP contribution >= 0.6 is 23.1 Å². The predicted molar refractivity (Wildman–Crippen MR) is 133 cm³/mol. The fourth-order valence-electron chi connectivity index (χ4n) is 3.73. The average Bonchev–Trinajstić information content (AvgIpc) is 3.35.